The SMILES string of the molecule is CCCOc1cc(NCCCNC2CC2)ncn1. The van der Waals surface area contributed by atoms with Gasteiger partial charge in [0.2, 0.25) is 5.88 Å². The number of aromatic nitrogens is 2. The Hall–Kier alpha value is -1.36. The predicted molar refractivity (Wildman–Crippen MR) is 71.9 cm³/mol. The second-order valence-electron chi connectivity index (χ2n) is 4.60. The van der Waals surface area contributed by atoms with Crippen LogP contribution in [0.2, 0.25) is 0 Å². The zero-order chi connectivity index (χ0) is 12.6. The topological polar surface area (TPSA) is 59.1 Å². The van der Waals surface area contributed by atoms with Crippen LogP contribution in [0.5, 0.6) is 5.88 Å². The molecule has 2 N–H and O–H groups in total. The van der Waals surface area contributed by atoms with E-state index in [1.54, 1.807) is 0 Å². The monoisotopic (exact) mass is 250 g/mol. The van der Waals surface area contributed by atoms with Gasteiger partial charge in [-0.25, -0.2) is 9.97 Å². The number of hydrogen-bond acceptors (Lipinski definition) is 5. The number of rotatable bonds is 9. The molecule has 1 aliphatic carbocycles. The summed E-state index contributed by atoms with van der Waals surface area (Å²) in [6, 6.07) is 2.64. The summed E-state index contributed by atoms with van der Waals surface area (Å²) < 4.78 is 5.46. The van der Waals surface area contributed by atoms with E-state index in [-0.39, 0.29) is 0 Å². The van der Waals surface area contributed by atoms with Crippen LogP contribution in [0, 0.1) is 0 Å². The van der Waals surface area contributed by atoms with Crippen molar-refractivity contribution in [2.45, 2.75) is 38.6 Å². The Labute approximate surface area is 108 Å². The molecule has 0 bridgehead atoms. The van der Waals surface area contributed by atoms with Crippen LogP contribution in [-0.2, 0) is 0 Å². The molecule has 1 aliphatic rings. The van der Waals surface area contributed by atoms with E-state index in [9.17, 15) is 0 Å². The summed E-state index contributed by atoms with van der Waals surface area (Å²) in [5.41, 5.74) is 0. The molecule has 1 saturated carbocycles. The second-order valence-corrected chi connectivity index (χ2v) is 4.60. The Bertz CT molecular complexity index is 355. The molecular weight excluding hydrogens is 228 g/mol. The van der Waals surface area contributed by atoms with Crippen molar-refractivity contribution in [2.24, 2.45) is 0 Å². The Morgan fingerprint density at radius 2 is 2.22 bits per heavy atom. The lowest BCUT2D eigenvalue weighted by Crippen LogP contribution is -2.20. The largest absolute Gasteiger partial charge is 0.478 e. The Morgan fingerprint density at radius 3 is 3.00 bits per heavy atom. The summed E-state index contributed by atoms with van der Waals surface area (Å²) in [4.78, 5) is 8.24. The molecule has 0 unspecified atom stereocenters. The summed E-state index contributed by atoms with van der Waals surface area (Å²) in [5, 5.41) is 6.77. The average Bonchev–Trinajstić information content (AvgIpc) is 3.20. The van der Waals surface area contributed by atoms with E-state index in [0.29, 0.717) is 12.5 Å². The van der Waals surface area contributed by atoms with Gasteiger partial charge in [0, 0.05) is 18.7 Å². The molecule has 1 heterocycles. The molecule has 18 heavy (non-hydrogen) atoms. The molecule has 0 saturated heterocycles. The van der Waals surface area contributed by atoms with Crippen LogP contribution >= 0.6 is 0 Å². The number of nitrogens with zero attached hydrogens (tertiary/aromatic N) is 2. The third-order valence-corrected chi connectivity index (χ3v) is 2.77. The molecule has 0 amide bonds. The van der Waals surface area contributed by atoms with E-state index in [2.05, 4.69) is 27.5 Å². The van der Waals surface area contributed by atoms with Crippen LogP contribution in [0.1, 0.15) is 32.6 Å². The minimum atomic E-state index is 0.644. The van der Waals surface area contributed by atoms with Crippen molar-refractivity contribution >= 4 is 5.82 Å². The van der Waals surface area contributed by atoms with Crippen molar-refractivity contribution in [2.75, 3.05) is 25.0 Å². The standard InChI is InChI=1S/C13H22N4O/c1-2-8-18-13-9-12(16-10-17-13)15-7-3-6-14-11-4-5-11/h9-11,14H,2-8H2,1H3,(H,15,16,17). The van der Waals surface area contributed by atoms with Crippen molar-refractivity contribution in [3.8, 4) is 5.88 Å². The quantitative estimate of drug-likeness (QED) is 0.655. The summed E-state index contributed by atoms with van der Waals surface area (Å²) >= 11 is 0. The summed E-state index contributed by atoms with van der Waals surface area (Å²) in [6.07, 6.45) is 6.32. The van der Waals surface area contributed by atoms with Gasteiger partial charge < -0.3 is 15.4 Å². The van der Waals surface area contributed by atoms with E-state index in [4.69, 9.17) is 4.74 Å². The molecule has 0 aliphatic heterocycles. The molecule has 100 valence electrons. The fourth-order valence-electron chi connectivity index (χ4n) is 1.62. The van der Waals surface area contributed by atoms with Crippen LogP contribution in [0.4, 0.5) is 5.82 Å². The molecule has 2 rings (SSSR count). The van der Waals surface area contributed by atoms with E-state index < -0.39 is 0 Å². The molecule has 1 fully saturated rings. The van der Waals surface area contributed by atoms with Gasteiger partial charge in [-0.05, 0) is 32.2 Å². The fourth-order valence-corrected chi connectivity index (χ4v) is 1.62. The van der Waals surface area contributed by atoms with Crippen LogP contribution < -0.4 is 15.4 Å². The van der Waals surface area contributed by atoms with E-state index in [1.807, 2.05) is 6.07 Å². The normalized spacial score (nSPS) is 14.5. The number of hydrogen-bond donors (Lipinski definition) is 2. The highest BCUT2D eigenvalue weighted by Gasteiger charge is 2.19. The van der Waals surface area contributed by atoms with Crippen molar-refractivity contribution < 1.29 is 4.74 Å². The molecular formula is C13H22N4O. The maximum absolute atomic E-state index is 5.46. The van der Waals surface area contributed by atoms with Gasteiger partial charge in [-0.3, -0.25) is 0 Å². The molecule has 0 radical (unpaired) electrons. The highest BCUT2D eigenvalue weighted by Crippen LogP contribution is 2.18. The van der Waals surface area contributed by atoms with E-state index in [0.717, 1.165) is 37.8 Å². The lowest BCUT2D eigenvalue weighted by molar-refractivity contribution is 0.305. The van der Waals surface area contributed by atoms with Gasteiger partial charge in [-0.1, -0.05) is 6.92 Å². The Morgan fingerprint density at radius 1 is 1.33 bits per heavy atom. The predicted octanol–water partition coefficient (Wildman–Crippen LogP) is 1.82. The fraction of sp³-hybridized carbons (Fsp3) is 0.692. The zero-order valence-corrected chi connectivity index (χ0v) is 11.0. The first-order valence-electron chi connectivity index (χ1n) is 6.80. The van der Waals surface area contributed by atoms with Crippen molar-refractivity contribution in [3.63, 3.8) is 0 Å². The average molecular weight is 250 g/mol. The smallest absolute Gasteiger partial charge is 0.218 e. The highest BCUT2D eigenvalue weighted by molar-refractivity contribution is 5.36. The first-order valence-corrected chi connectivity index (χ1v) is 6.80. The third-order valence-electron chi connectivity index (χ3n) is 2.77. The van der Waals surface area contributed by atoms with Gasteiger partial charge >= 0.3 is 0 Å². The molecule has 0 atom stereocenters. The first kappa shape index (κ1) is 13.1. The second kappa shape index (κ2) is 7.16. The van der Waals surface area contributed by atoms with Crippen molar-refractivity contribution in [1.82, 2.24) is 15.3 Å². The van der Waals surface area contributed by atoms with Gasteiger partial charge in [0.15, 0.2) is 0 Å². The number of ether oxygens (including phenoxy) is 1. The van der Waals surface area contributed by atoms with Gasteiger partial charge in [-0.15, -0.1) is 0 Å². The Kier molecular flexibility index (Phi) is 5.20. The van der Waals surface area contributed by atoms with E-state index in [1.165, 1.54) is 19.2 Å². The van der Waals surface area contributed by atoms with Crippen LogP contribution in [0.3, 0.4) is 0 Å². The molecule has 1 aromatic heterocycles. The maximum Gasteiger partial charge on any atom is 0.218 e. The maximum atomic E-state index is 5.46. The van der Waals surface area contributed by atoms with Crippen molar-refractivity contribution in [1.29, 1.82) is 0 Å². The lowest BCUT2D eigenvalue weighted by Gasteiger charge is -2.08. The summed E-state index contributed by atoms with van der Waals surface area (Å²) in [7, 11) is 0. The number of nitrogens with one attached hydrogen (secondary N) is 2. The lowest BCUT2D eigenvalue weighted by atomic mass is 10.4. The highest BCUT2D eigenvalue weighted by atomic mass is 16.5. The molecule has 5 heteroatoms. The van der Waals surface area contributed by atoms with Crippen LogP contribution in [0.25, 0.3) is 0 Å². The van der Waals surface area contributed by atoms with Gasteiger partial charge in [0.1, 0.15) is 12.1 Å². The first-order chi connectivity index (χ1) is 8.88. The van der Waals surface area contributed by atoms with Gasteiger partial charge in [-0.2, -0.15) is 0 Å². The Balaban J connectivity index is 1.64. The van der Waals surface area contributed by atoms with Crippen LogP contribution in [-0.4, -0.2) is 35.7 Å². The van der Waals surface area contributed by atoms with Gasteiger partial charge in [0.25, 0.3) is 0 Å². The molecule has 0 spiro atoms. The zero-order valence-electron chi connectivity index (χ0n) is 11.0. The van der Waals surface area contributed by atoms with E-state index >= 15 is 0 Å². The summed E-state index contributed by atoms with van der Waals surface area (Å²) in [6.45, 7) is 4.76. The minimum Gasteiger partial charge on any atom is -0.478 e. The summed E-state index contributed by atoms with van der Waals surface area (Å²) in [5.74, 6) is 1.48. The van der Waals surface area contributed by atoms with Crippen LogP contribution in [0.15, 0.2) is 12.4 Å². The minimum absolute atomic E-state index is 0.644. The number of anilines is 1. The van der Waals surface area contributed by atoms with Gasteiger partial charge in [0.05, 0.1) is 6.61 Å². The molecule has 0 aromatic carbocycles. The molecule has 1 aromatic rings. The third kappa shape index (κ3) is 4.87. The molecule has 5 nitrogen and oxygen atoms in total. The van der Waals surface area contributed by atoms with Crippen molar-refractivity contribution in [3.05, 3.63) is 12.4 Å².